The number of carbonyl (C=O) groups is 2. The molecule has 1 aliphatic rings. The van der Waals surface area contributed by atoms with E-state index in [0.717, 1.165) is 30.8 Å². The van der Waals surface area contributed by atoms with Crippen LogP contribution in [0.1, 0.15) is 37.1 Å². The topological polar surface area (TPSA) is 49.4 Å². The Labute approximate surface area is 111 Å². The Morgan fingerprint density at radius 3 is 2.72 bits per heavy atom. The van der Waals surface area contributed by atoms with Crippen LogP contribution in [-0.2, 0) is 9.59 Å². The smallest absolute Gasteiger partial charge is 0.225 e. The number of thiophene rings is 1. The van der Waals surface area contributed by atoms with Crippen LogP contribution in [0, 0.1) is 0 Å². The molecule has 1 saturated heterocycles. The zero-order valence-electron chi connectivity index (χ0n) is 10.5. The van der Waals surface area contributed by atoms with E-state index >= 15 is 0 Å². The Morgan fingerprint density at radius 1 is 1.44 bits per heavy atom. The molecule has 2 amide bonds. The molecular weight excluding hydrogens is 248 g/mol. The highest BCUT2D eigenvalue weighted by molar-refractivity contribution is 7.10. The fourth-order valence-electron chi connectivity index (χ4n) is 2.23. The van der Waals surface area contributed by atoms with Crippen LogP contribution < -0.4 is 5.32 Å². The van der Waals surface area contributed by atoms with Crippen molar-refractivity contribution in [3.8, 4) is 0 Å². The molecule has 0 saturated carbocycles. The minimum Gasteiger partial charge on any atom is -0.348 e. The molecule has 0 spiro atoms. The predicted molar refractivity (Wildman–Crippen MR) is 71.3 cm³/mol. The van der Waals surface area contributed by atoms with Gasteiger partial charge in [0.05, 0.1) is 12.5 Å². The van der Waals surface area contributed by atoms with Crippen molar-refractivity contribution in [2.24, 2.45) is 0 Å². The van der Waals surface area contributed by atoms with Gasteiger partial charge in [0.1, 0.15) is 0 Å². The van der Waals surface area contributed by atoms with Gasteiger partial charge in [-0.3, -0.25) is 9.59 Å². The van der Waals surface area contributed by atoms with Gasteiger partial charge in [-0.15, -0.1) is 11.3 Å². The molecule has 0 radical (unpaired) electrons. The van der Waals surface area contributed by atoms with Crippen molar-refractivity contribution in [2.45, 2.75) is 32.2 Å². The molecule has 1 fully saturated rings. The lowest BCUT2D eigenvalue weighted by Gasteiger charge is -2.20. The van der Waals surface area contributed by atoms with E-state index in [-0.39, 0.29) is 17.9 Å². The molecule has 0 aromatic carbocycles. The maximum absolute atomic E-state index is 12.1. The minimum absolute atomic E-state index is 0.0948. The highest BCUT2D eigenvalue weighted by Crippen LogP contribution is 2.23. The summed E-state index contributed by atoms with van der Waals surface area (Å²) in [5.74, 6) is 0.0438. The van der Waals surface area contributed by atoms with Crippen molar-refractivity contribution < 1.29 is 9.59 Å². The number of carbonyl (C=O) groups excluding carboxylic acids is 2. The van der Waals surface area contributed by atoms with Crippen molar-refractivity contribution in [3.63, 3.8) is 0 Å². The highest BCUT2D eigenvalue weighted by atomic mass is 32.1. The average Bonchev–Trinajstić information content (AvgIpc) is 3.01. The number of hydrogen-bond donors (Lipinski definition) is 1. The van der Waals surface area contributed by atoms with Crippen molar-refractivity contribution in [2.75, 3.05) is 13.1 Å². The zero-order valence-corrected chi connectivity index (χ0v) is 11.3. The Balaban J connectivity index is 2.00. The molecular formula is C13H18N2O2S. The van der Waals surface area contributed by atoms with E-state index in [1.807, 2.05) is 22.4 Å². The fraction of sp³-hybridized carbons (Fsp3) is 0.538. The summed E-state index contributed by atoms with van der Waals surface area (Å²) in [5.41, 5.74) is 0. The molecule has 18 heavy (non-hydrogen) atoms. The first-order valence-electron chi connectivity index (χ1n) is 6.25. The van der Waals surface area contributed by atoms with E-state index in [4.69, 9.17) is 0 Å². The summed E-state index contributed by atoms with van der Waals surface area (Å²) in [5, 5.41) is 4.82. The second-order valence-corrected chi connectivity index (χ2v) is 5.54. The summed E-state index contributed by atoms with van der Waals surface area (Å²) < 4.78 is 0. The molecule has 2 rings (SSSR count). The number of amides is 2. The first kappa shape index (κ1) is 13.1. The third kappa shape index (κ3) is 3.32. The highest BCUT2D eigenvalue weighted by Gasteiger charge is 2.23. The summed E-state index contributed by atoms with van der Waals surface area (Å²) in [6.07, 6.45) is 2.55. The molecule has 0 aliphatic carbocycles. The van der Waals surface area contributed by atoms with E-state index in [0.29, 0.717) is 6.42 Å². The number of rotatable bonds is 4. The quantitative estimate of drug-likeness (QED) is 0.905. The molecule has 1 aromatic rings. The summed E-state index contributed by atoms with van der Waals surface area (Å²) in [7, 11) is 0. The number of nitrogens with zero attached hydrogens (tertiary/aromatic N) is 1. The lowest BCUT2D eigenvalue weighted by molar-refractivity contribution is -0.131. The lowest BCUT2D eigenvalue weighted by atomic mass is 10.1. The normalized spacial score (nSPS) is 16.6. The average molecular weight is 266 g/mol. The van der Waals surface area contributed by atoms with Crippen LogP contribution in [0.15, 0.2) is 17.5 Å². The molecule has 5 heteroatoms. The summed E-state index contributed by atoms with van der Waals surface area (Å²) in [6.45, 7) is 3.20. The van der Waals surface area contributed by atoms with Crippen LogP contribution in [0.25, 0.3) is 0 Å². The molecule has 1 atom stereocenters. The molecule has 2 heterocycles. The van der Waals surface area contributed by atoms with Gasteiger partial charge in [-0.1, -0.05) is 6.07 Å². The van der Waals surface area contributed by atoms with Gasteiger partial charge < -0.3 is 10.2 Å². The SMILES string of the molecule is CC(=O)NC(CC(=O)N1CCCC1)c1cccs1. The molecule has 1 aromatic heterocycles. The van der Waals surface area contributed by atoms with E-state index < -0.39 is 0 Å². The number of likely N-dealkylation sites (tertiary alicyclic amines) is 1. The number of nitrogens with one attached hydrogen (secondary N) is 1. The Bertz CT molecular complexity index is 411. The maximum Gasteiger partial charge on any atom is 0.225 e. The van der Waals surface area contributed by atoms with Crippen LogP contribution in [-0.4, -0.2) is 29.8 Å². The van der Waals surface area contributed by atoms with Crippen LogP contribution >= 0.6 is 11.3 Å². The van der Waals surface area contributed by atoms with Gasteiger partial charge in [0.25, 0.3) is 0 Å². The van der Waals surface area contributed by atoms with Gasteiger partial charge in [0.15, 0.2) is 0 Å². The van der Waals surface area contributed by atoms with Gasteiger partial charge in [0, 0.05) is 24.9 Å². The van der Waals surface area contributed by atoms with Crippen LogP contribution in [0.2, 0.25) is 0 Å². The summed E-state index contributed by atoms with van der Waals surface area (Å²) >= 11 is 1.57. The van der Waals surface area contributed by atoms with E-state index in [1.54, 1.807) is 11.3 Å². The molecule has 0 bridgehead atoms. The third-order valence-electron chi connectivity index (χ3n) is 3.10. The van der Waals surface area contributed by atoms with Gasteiger partial charge in [-0.25, -0.2) is 0 Å². The first-order chi connectivity index (χ1) is 8.66. The van der Waals surface area contributed by atoms with Crippen LogP contribution in [0.3, 0.4) is 0 Å². The van der Waals surface area contributed by atoms with Gasteiger partial charge >= 0.3 is 0 Å². The van der Waals surface area contributed by atoms with Crippen molar-refractivity contribution >= 4 is 23.2 Å². The maximum atomic E-state index is 12.1. The predicted octanol–water partition coefficient (Wildman–Crippen LogP) is 1.94. The van der Waals surface area contributed by atoms with Crippen LogP contribution in [0.5, 0.6) is 0 Å². The van der Waals surface area contributed by atoms with E-state index in [9.17, 15) is 9.59 Å². The van der Waals surface area contributed by atoms with E-state index in [1.165, 1.54) is 6.92 Å². The first-order valence-corrected chi connectivity index (χ1v) is 7.13. The van der Waals surface area contributed by atoms with Crippen molar-refractivity contribution in [1.82, 2.24) is 10.2 Å². The lowest BCUT2D eigenvalue weighted by Crippen LogP contribution is -2.34. The van der Waals surface area contributed by atoms with Gasteiger partial charge in [-0.05, 0) is 24.3 Å². The monoisotopic (exact) mass is 266 g/mol. The molecule has 1 N–H and O–H groups in total. The zero-order chi connectivity index (χ0) is 13.0. The second kappa shape index (κ2) is 6.00. The largest absolute Gasteiger partial charge is 0.348 e. The number of hydrogen-bond acceptors (Lipinski definition) is 3. The summed E-state index contributed by atoms with van der Waals surface area (Å²) in [6, 6.07) is 3.72. The van der Waals surface area contributed by atoms with Gasteiger partial charge in [0.2, 0.25) is 11.8 Å². The Kier molecular flexibility index (Phi) is 4.36. The third-order valence-corrected chi connectivity index (χ3v) is 4.09. The van der Waals surface area contributed by atoms with Crippen LogP contribution in [0.4, 0.5) is 0 Å². The summed E-state index contributed by atoms with van der Waals surface area (Å²) in [4.78, 5) is 26.3. The standard InChI is InChI=1S/C13H18N2O2S/c1-10(16)14-11(12-5-4-8-18-12)9-13(17)15-6-2-3-7-15/h4-5,8,11H,2-3,6-7,9H2,1H3,(H,14,16). The fourth-order valence-corrected chi connectivity index (χ4v) is 3.01. The Morgan fingerprint density at radius 2 is 2.17 bits per heavy atom. The molecule has 4 nitrogen and oxygen atoms in total. The molecule has 98 valence electrons. The van der Waals surface area contributed by atoms with Gasteiger partial charge in [-0.2, -0.15) is 0 Å². The van der Waals surface area contributed by atoms with Crippen molar-refractivity contribution in [1.29, 1.82) is 0 Å². The minimum atomic E-state index is -0.185. The van der Waals surface area contributed by atoms with Crippen molar-refractivity contribution in [3.05, 3.63) is 22.4 Å². The molecule has 1 unspecified atom stereocenters. The Hall–Kier alpha value is -1.36. The van der Waals surface area contributed by atoms with E-state index in [2.05, 4.69) is 5.32 Å². The second-order valence-electron chi connectivity index (χ2n) is 4.56. The molecule has 1 aliphatic heterocycles.